The smallest absolute Gasteiger partial charge is 0.335 e. The van der Waals surface area contributed by atoms with E-state index in [1.165, 1.54) is 5.57 Å². The van der Waals surface area contributed by atoms with E-state index in [4.69, 9.17) is 18.9 Å². The van der Waals surface area contributed by atoms with E-state index in [2.05, 4.69) is 26.8 Å². The highest BCUT2D eigenvalue weighted by Crippen LogP contribution is 2.76. The molecule has 2 saturated heterocycles. The molecule has 8 N–H and O–H groups in total. The van der Waals surface area contributed by atoms with E-state index in [-0.39, 0.29) is 34.0 Å². The zero-order valence-electron chi connectivity index (χ0n) is 34.2. The average molecular weight is 823 g/mol. The summed E-state index contributed by atoms with van der Waals surface area (Å²) in [6.45, 7) is 12.8. The molecule has 326 valence electrons. The summed E-state index contributed by atoms with van der Waals surface area (Å²) in [5, 5.41) is 83.0. The summed E-state index contributed by atoms with van der Waals surface area (Å²) in [4.78, 5) is 50.3. The molecular weight excluding hydrogens is 760 g/mol. The molecular formula is C42H62O16. The monoisotopic (exact) mass is 822 g/mol. The number of hydrogen-bond acceptors (Lipinski definition) is 13. The van der Waals surface area contributed by atoms with Crippen molar-refractivity contribution in [1.29, 1.82) is 0 Å². The van der Waals surface area contributed by atoms with E-state index in [9.17, 15) is 60.0 Å². The first kappa shape index (κ1) is 43.5. The molecule has 0 spiro atoms. The van der Waals surface area contributed by atoms with Gasteiger partial charge in [-0.1, -0.05) is 46.3 Å². The van der Waals surface area contributed by atoms with Crippen LogP contribution in [0.15, 0.2) is 11.6 Å². The van der Waals surface area contributed by atoms with Crippen LogP contribution in [0.3, 0.4) is 0 Å². The van der Waals surface area contributed by atoms with E-state index in [1.54, 1.807) is 0 Å². The van der Waals surface area contributed by atoms with E-state index in [0.29, 0.717) is 25.7 Å². The number of allylic oxidation sites excluding steroid dienone is 1. The third-order valence-corrected chi connectivity index (χ3v) is 17.2. The van der Waals surface area contributed by atoms with Crippen LogP contribution >= 0.6 is 0 Å². The van der Waals surface area contributed by atoms with Gasteiger partial charge in [0.2, 0.25) is 0 Å². The van der Waals surface area contributed by atoms with Crippen LogP contribution in [0.2, 0.25) is 0 Å². The van der Waals surface area contributed by atoms with Crippen LogP contribution in [0.25, 0.3) is 0 Å². The SMILES string of the molecule is CC1(C)C2CC[C@]3(C)C(CC[C@@H]4C5=C[C@@](C)(C(=O)O)CC[C@]5(C)CC[C@]43C)[C@@]2(C=O)CC[C@@H]1O[C@@H]1O[C@H](C(=O)O)[C@@H](O)[C@H](O)[C@H]1O[C@@H]1O[C@H](C(=O)O)[C@@H](O)[C@H](O)[C@H]1O. The summed E-state index contributed by atoms with van der Waals surface area (Å²) in [6.07, 6.45) is -9.86. The summed E-state index contributed by atoms with van der Waals surface area (Å²) < 4.78 is 23.4. The molecule has 16 heteroatoms. The first-order valence-electron chi connectivity index (χ1n) is 20.8. The minimum atomic E-state index is -2.05. The van der Waals surface area contributed by atoms with Crippen molar-refractivity contribution in [2.45, 2.75) is 173 Å². The molecule has 7 aliphatic rings. The normalized spacial score (nSPS) is 52.4. The molecule has 16 nitrogen and oxygen atoms in total. The Bertz CT molecular complexity index is 1700. The van der Waals surface area contributed by atoms with Gasteiger partial charge in [-0.15, -0.1) is 0 Å². The molecule has 0 aromatic heterocycles. The minimum Gasteiger partial charge on any atom is -0.481 e. The maximum Gasteiger partial charge on any atom is 0.335 e. The standard InChI is InChI=1S/C42H62O16/c1-37(2)21-9-11-41(6)22(8-7-19-20-17-39(4,36(53)54)14-13-38(20,3)15-16-40(19,41)5)42(21,18-43)12-10-23(37)55-35-31(27(47)26(46)30(57-35)33(51)52)58-34-28(48)24(44)25(45)29(56-34)32(49)50/h17-19,21-31,34-35,44-48H,7-16H2,1-6H3,(H,49,50)(H,51,52)(H,53,54)/t19-,21?,22?,23+,24+,25+,26+,27+,28-,29+,30+,31-,34+,35-,38-,39+,40-,41-,42-/m1/s1. The second-order valence-electron chi connectivity index (χ2n) is 20.3. The maximum absolute atomic E-state index is 13.8. The third kappa shape index (κ3) is 6.25. The highest BCUT2D eigenvalue weighted by Gasteiger charge is 2.71. The van der Waals surface area contributed by atoms with E-state index in [1.807, 2.05) is 20.8 Å². The van der Waals surface area contributed by atoms with Crippen LogP contribution in [0.4, 0.5) is 0 Å². The zero-order valence-corrected chi connectivity index (χ0v) is 34.2. The Balaban J connectivity index is 1.17. The zero-order chi connectivity index (χ0) is 42.7. The molecule has 7 rings (SSSR count). The molecule has 5 aliphatic carbocycles. The molecule has 2 unspecified atom stereocenters. The average Bonchev–Trinajstić information content (AvgIpc) is 3.15. The van der Waals surface area contributed by atoms with Crippen LogP contribution in [0, 0.1) is 50.2 Å². The van der Waals surface area contributed by atoms with Crippen molar-refractivity contribution in [1.82, 2.24) is 0 Å². The quantitative estimate of drug-likeness (QED) is 0.0991. The van der Waals surface area contributed by atoms with Crippen molar-refractivity contribution in [2.24, 2.45) is 50.2 Å². The Morgan fingerprint density at radius 2 is 1.26 bits per heavy atom. The molecule has 4 saturated carbocycles. The van der Waals surface area contributed by atoms with Gasteiger partial charge in [0.15, 0.2) is 24.8 Å². The molecule has 0 aromatic rings. The number of aliphatic carboxylic acids is 3. The second kappa shape index (κ2) is 14.5. The van der Waals surface area contributed by atoms with E-state index in [0.717, 1.165) is 44.8 Å². The Hall–Kier alpha value is -2.54. The van der Waals surface area contributed by atoms with Gasteiger partial charge in [-0.2, -0.15) is 0 Å². The fourth-order valence-corrected chi connectivity index (χ4v) is 13.4. The van der Waals surface area contributed by atoms with Crippen LogP contribution in [-0.2, 0) is 38.1 Å². The summed E-state index contributed by atoms with van der Waals surface area (Å²) in [5.41, 5.74) is -1.64. The maximum atomic E-state index is 13.8. The molecule has 0 amide bonds. The number of aliphatic hydroxyl groups is 5. The van der Waals surface area contributed by atoms with Gasteiger partial charge in [-0.25, -0.2) is 9.59 Å². The number of fused-ring (bicyclic) bond motifs is 7. The van der Waals surface area contributed by atoms with Crippen molar-refractivity contribution in [3.05, 3.63) is 11.6 Å². The van der Waals surface area contributed by atoms with Crippen molar-refractivity contribution in [2.75, 3.05) is 0 Å². The lowest BCUT2D eigenvalue weighted by Crippen LogP contribution is -2.68. The molecule has 0 radical (unpaired) electrons. The van der Waals surface area contributed by atoms with Crippen molar-refractivity contribution >= 4 is 24.2 Å². The number of rotatable bonds is 8. The Kier molecular flexibility index (Phi) is 10.9. The third-order valence-electron chi connectivity index (χ3n) is 17.2. The number of carboxylic acids is 3. The van der Waals surface area contributed by atoms with E-state index < -0.39 is 102 Å². The molecule has 19 atom stereocenters. The summed E-state index contributed by atoms with van der Waals surface area (Å²) >= 11 is 0. The number of carbonyl (C=O) groups excluding carboxylic acids is 1. The van der Waals surface area contributed by atoms with Crippen LogP contribution < -0.4 is 0 Å². The number of carboxylic acid groups (broad SMARTS) is 3. The van der Waals surface area contributed by atoms with Gasteiger partial charge in [0.05, 0.1) is 11.5 Å². The van der Waals surface area contributed by atoms with Crippen LogP contribution in [0.1, 0.15) is 106 Å². The lowest BCUT2D eigenvalue weighted by atomic mass is 9.32. The Morgan fingerprint density at radius 1 is 0.655 bits per heavy atom. The predicted molar refractivity (Wildman–Crippen MR) is 199 cm³/mol. The van der Waals surface area contributed by atoms with E-state index >= 15 is 0 Å². The van der Waals surface area contributed by atoms with Crippen molar-refractivity contribution in [3.8, 4) is 0 Å². The molecule has 2 aliphatic heterocycles. The Labute approximate surface area is 337 Å². The molecule has 0 bridgehead atoms. The van der Waals surface area contributed by atoms with Crippen LogP contribution in [-0.4, -0.2) is 133 Å². The highest BCUT2D eigenvalue weighted by atomic mass is 16.8. The van der Waals surface area contributed by atoms with Crippen LogP contribution in [0.5, 0.6) is 0 Å². The molecule has 6 fully saturated rings. The number of ether oxygens (including phenoxy) is 4. The largest absolute Gasteiger partial charge is 0.481 e. The Morgan fingerprint density at radius 3 is 1.86 bits per heavy atom. The molecule has 2 heterocycles. The lowest BCUT2D eigenvalue weighted by Gasteiger charge is -2.72. The highest BCUT2D eigenvalue weighted by molar-refractivity contribution is 5.77. The van der Waals surface area contributed by atoms with Crippen molar-refractivity contribution < 1.29 is 79.0 Å². The van der Waals surface area contributed by atoms with Gasteiger partial charge in [0, 0.05) is 5.41 Å². The van der Waals surface area contributed by atoms with Gasteiger partial charge in [-0.3, -0.25) is 4.79 Å². The van der Waals surface area contributed by atoms with Gasteiger partial charge in [-0.05, 0) is 111 Å². The summed E-state index contributed by atoms with van der Waals surface area (Å²) in [5.74, 6) is -4.07. The first-order valence-corrected chi connectivity index (χ1v) is 20.8. The van der Waals surface area contributed by atoms with Gasteiger partial charge in [0.1, 0.15) is 42.9 Å². The number of carbonyl (C=O) groups is 4. The number of aldehydes is 1. The second-order valence-corrected chi connectivity index (χ2v) is 20.3. The predicted octanol–water partition coefficient (Wildman–Crippen LogP) is 2.25. The molecule has 0 aromatic carbocycles. The fraction of sp³-hybridized carbons (Fsp3) is 0.857. The number of aliphatic hydroxyl groups excluding tert-OH is 5. The molecule has 58 heavy (non-hydrogen) atoms. The first-order chi connectivity index (χ1) is 26.9. The van der Waals surface area contributed by atoms with Crippen molar-refractivity contribution in [3.63, 3.8) is 0 Å². The number of hydrogen-bond donors (Lipinski definition) is 8. The summed E-state index contributed by atoms with van der Waals surface area (Å²) in [7, 11) is 0. The summed E-state index contributed by atoms with van der Waals surface area (Å²) in [6, 6.07) is 0. The topological polar surface area (TPSA) is 267 Å². The van der Waals surface area contributed by atoms with Gasteiger partial charge < -0.3 is 64.6 Å². The lowest BCUT2D eigenvalue weighted by molar-refractivity contribution is -0.371. The van der Waals surface area contributed by atoms with Gasteiger partial charge >= 0.3 is 17.9 Å². The van der Waals surface area contributed by atoms with Gasteiger partial charge in [0.25, 0.3) is 0 Å². The fourth-order valence-electron chi connectivity index (χ4n) is 13.4. The minimum absolute atomic E-state index is 0.0152.